The summed E-state index contributed by atoms with van der Waals surface area (Å²) in [5.74, 6) is 1.44. The van der Waals surface area contributed by atoms with Crippen LogP contribution in [-0.2, 0) is 11.2 Å². The molecule has 0 atom stereocenters. The van der Waals surface area contributed by atoms with Crippen LogP contribution < -0.4 is 24.0 Å². The minimum absolute atomic E-state index is 0.134. The summed E-state index contributed by atoms with van der Waals surface area (Å²) in [4.78, 5) is 20.6. The van der Waals surface area contributed by atoms with Gasteiger partial charge in [0.15, 0.2) is 11.5 Å². The zero-order valence-electron chi connectivity index (χ0n) is 23.5. The molecular weight excluding hydrogens is 520 g/mol. The summed E-state index contributed by atoms with van der Waals surface area (Å²) < 4.78 is 14.2. The number of benzene rings is 4. The minimum Gasteiger partial charge on any atom is -0.493 e. The Hall–Kier alpha value is -4.04. The van der Waals surface area contributed by atoms with Crippen LogP contribution in [0.2, 0.25) is 0 Å². The van der Waals surface area contributed by atoms with Crippen LogP contribution in [0.1, 0.15) is 5.56 Å². The quantitative estimate of drug-likeness (QED) is 0.256. The number of hydrogen-bond donors (Lipinski definition) is 1. The summed E-state index contributed by atoms with van der Waals surface area (Å²) in [5.41, 5.74) is 4.36. The number of piperazine rings is 1. The van der Waals surface area contributed by atoms with Crippen molar-refractivity contribution in [3.05, 3.63) is 84.4 Å². The van der Waals surface area contributed by atoms with Gasteiger partial charge in [-0.25, -0.2) is 0 Å². The van der Waals surface area contributed by atoms with Crippen LogP contribution >= 0.6 is 11.9 Å². The molecule has 8 heteroatoms. The summed E-state index contributed by atoms with van der Waals surface area (Å²) in [6, 6.07) is 27.1. The second-order valence-electron chi connectivity index (χ2n) is 10.0. The van der Waals surface area contributed by atoms with Crippen LogP contribution in [0.25, 0.3) is 10.8 Å². The van der Waals surface area contributed by atoms with Crippen LogP contribution in [0.3, 0.4) is 0 Å². The van der Waals surface area contributed by atoms with Crippen LogP contribution in [0.15, 0.2) is 83.8 Å². The minimum atomic E-state index is 0.134. The van der Waals surface area contributed by atoms with Crippen LogP contribution in [0.4, 0.5) is 17.1 Å². The molecular formula is C32H36N4O3S. The third-order valence-electron chi connectivity index (χ3n) is 7.29. The maximum absolute atomic E-state index is 13.0. The number of carbonyl (C=O) groups excluding carboxylic acids is 1. The van der Waals surface area contributed by atoms with E-state index in [1.54, 1.807) is 26.2 Å². The number of anilines is 3. The van der Waals surface area contributed by atoms with Gasteiger partial charge >= 0.3 is 0 Å². The molecule has 1 heterocycles. The Bertz CT molecular complexity index is 1470. The molecule has 4 aromatic rings. The highest BCUT2D eigenvalue weighted by molar-refractivity contribution is 8.00. The van der Waals surface area contributed by atoms with Gasteiger partial charge in [0.25, 0.3) is 0 Å². The largest absolute Gasteiger partial charge is 0.493 e. The molecule has 5 rings (SSSR count). The first kappa shape index (κ1) is 27.5. The fourth-order valence-electron chi connectivity index (χ4n) is 5.09. The van der Waals surface area contributed by atoms with Crippen molar-refractivity contribution in [3.8, 4) is 11.5 Å². The number of nitrogens with zero attached hydrogens (tertiary/aromatic N) is 3. The lowest BCUT2D eigenvalue weighted by atomic mass is 10.1. The molecule has 0 radical (unpaired) electrons. The van der Waals surface area contributed by atoms with Gasteiger partial charge in [-0.15, -0.1) is 0 Å². The normalized spacial score (nSPS) is 13.3. The average Bonchev–Trinajstić information content (AvgIpc) is 2.99. The second kappa shape index (κ2) is 12.4. The van der Waals surface area contributed by atoms with Crippen molar-refractivity contribution in [3.63, 3.8) is 0 Å². The first-order valence-corrected chi connectivity index (χ1v) is 14.2. The van der Waals surface area contributed by atoms with Crippen LogP contribution in [-0.4, -0.2) is 65.3 Å². The third kappa shape index (κ3) is 6.07. The molecule has 0 bridgehead atoms. The number of hydrogen-bond acceptors (Lipinski definition) is 7. The SMILES string of the molecule is COc1ccc(CC(=O)N2CCN(c3ccc(NSc4cccc5c(N(C)C)cccc45)cc3)CC2)cc1OC. The van der Waals surface area contributed by atoms with Gasteiger partial charge < -0.3 is 28.9 Å². The van der Waals surface area contributed by atoms with E-state index in [1.807, 2.05) is 23.1 Å². The van der Waals surface area contributed by atoms with E-state index in [9.17, 15) is 4.79 Å². The number of rotatable bonds is 9. The molecule has 7 nitrogen and oxygen atoms in total. The van der Waals surface area contributed by atoms with Gasteiger partial charge in [-0.1, -0.05) is 30.3 Å². The van der Waals surface area contributed by atoms with Gasteiger partial charge in [0.05, 0.1) is 20.6 Å². The highest BCUT2D eigenvalue weighted by Gasteiger charge is 2.22. The molecule has 1 aliphatic rings. The second-order valence-corrected chi connectivity index (χ2v) is 10.9. The van der Waals surface area contributed by atoms with Gasteiger partial charge in [-0.2, -0.15) is 0 Å². The molecule has 0 aliphatic carbocycles. The lowest BCUT2D eigenvalue weighted by Gasteiger charge is -2.36. The van der Waals surface area contributed by atoms with Crippen molar-refractivity contribution in [1.29, 1.82) is 0 Å². The fourth-order valence-corrected chi connectivity index (χ4v) is 5.89. The Kier molecular flexibility index (Phi) is 8.55. The van der Waals surface area contributed by atoms with Gasteiger partial charge in [0, 0.05) is 67.6 Å². The maximum atomic E-state index is 13.0. The van der Waals surface area contributed by atoms with E-state index in [-0.39, 0.29) is 5.91 Å². The van der Waals surface area contributed by atoms with Crippen molar-refractivity contribution in [2.45, 2.75) is 11.3 Å². The molecule has 0 aromatic heterocycles. The Morgan fingerprint density at radius 1 is 0.850 bits per heavy atom. The number of methoxy groups -OCH3 is 2. The highest BCUT2D eigenvalue weighted by atomic mass is 32.2. The Morgan fingerprint density at radius 2 is 1.55 bits per heavy atom. The molecule has 1 amide bonds. The Labute approximate surface area is 240 Å². The number of nitrogens with one attached hydrogen (secondary N) is 1. The first-order chi connectivity index (χ1) is 19.5. The molecule has 40 heavy (non-hydrogen) atoms. The van der Waals surface area contributed by atoms with Gasteiger partial charge in [0.1, 0.15) is 0 Å². The summed E-state index contributed by atoms with van der Waals surface area (Å²) >= 11 is 1.63. The number of ether oxygens (including phenoxy) is 2. The van der Waals surface area contributed by atoms with Gasteiger partial charge in [0.2, 0.25) is 5.91 Å². The summed E-state index contributed by atoms with van der Waals surface area (Å²) in [7, 11) is 7.37. The van der Waals surface area contributed by atoms with Gasteiger partial charge in [-0.05, 0) is 71.4 Å². The maximum Gasteiger partial charge on any atom is 0.227 e. The monoisotopic (exact) mass is 556 g/mol. The van der Waals surface area contributed by atoms with E-state index in [1.165, 1.54) is 27.0 Å². The van der Waals surface area contributed by atoms with E-state index in [2.05, 4.69) is 89.3 Å². The number of fused-ring (bicyclic) bond motifs is 1. The zero-order chi connectivity index (χ0) is 28.1. The van der Waals surface area contributed by atoms with Crippen molar-refractivity contribution in [2.24, 2.45) is 0 Å². The molecule has 0 saturated carbocycles. The number of carbonyl (C=O) groups is 1. The number of amides is 1. The predicted molar refractivity (Wildman–Crippen MR) is 166 cm³/mol. The Morgan fingerprint density at radius 3 is 2.25 bits per heavy atom. The van der Waals surface area contributed by atoms with E-state index < -0.39 is 0 Å². The van der Waals surface area contributed by atoms with Crippen molar-refractivity contribution in [2.75, 3.05) is 69.0 Å². The van der Waals surface area contributed by atoms with Crippen molar-refractivity contribution in [1.82, 2.24) is 4.90 Å². The van der Waals surface area contributed by atoms with E-state index in [0.29, 0.717) is 31.0 Å². The van der Waals surface area contributed by atoms with E-state index in [0.717, 1.165) is 24.3 Å². The molecule has 1 fully saturated rings. The molecule has 0 unspecified atom stereocenters. The standard InChI is InChI=1S/C32H36N4O3S/c1-34(2)28-9-5-8-27-26(28)7-6-10-31(27)40-33-24-12-14-25(15-13-24)35-17-19-36(20-18-35)32(37)22-23-11-16-29(38-3)30(21-23)39-4/h5-16,21,33H,17-20,22H2,1-4H3. The summed E-state index contributed by atoms with van der Waals surface area (Å²) in [6.45, 7) is 3.03. The van der Waals surface area contributed by atoms with Gasteiger partial charge in [-0.3, -0.25) is 4.79 Å². The molecule has 0 spiro atoms. The van der Waals surface area contributed by atoms with Crippen LogP contribution in [0, 0.1) is 0 Å². The van der Waals surface area contributed by atoms with Crippen molar-refractivity contribution >= 4 is 45.7 Å². The van der Waals surface area contributed by atoms with Crippen LogP contribution in [0.5, 0.6) is 11.5 Å². The van der Waals surface area contributed by atoms with Crippen molar-refractivity contribution < 1.29 is 14.3 Å². The Balaban J connectivity index is 1.15. The summed E-state index contributed by atoms with van der Waals surface area (Å²) in [5, 5.41) is 2.48. The third-order valence-corrected chi connectivity index (χ3v) is 8.20. The van der Waals surface area contributed by atoms with E-state index in [4.69, 9.17) is 9.47 Å². The predicted octanol–water partition coefficient (Wildman–Crippen LogP) is 5.93. The lowest BCUT2D eigenvalue weighted by molar-refractivity contribution is -0.130. The smallest absolute Gasteiger partial charge is 0.227 e. The first-order valence-electron chi connectivity index (χ1n) is 13.4. The average molecular weight is 557 g/mol. The summed E-state index contributed by atoms with van der Waals surface area (Å²) in [6.07, 6.45) is 0.353. The lowest BCUT2D eigenvalue weighted by Crippen LogP contribution is -2.49. The van der Waals surface area contributed by atoms with E-state index >= 15 is 0 Å². The molecule has 1 aliphatic heterocycles. The molecule has 1 saturated heterocycles. The molecule has 208 valence electrons. The molecule has 4 aromatic carbocycles. The molecule has 1 N–H and O–H groups in total. The fraction of sp³-hybridized carbons (Fsp3) is 0.281. The highest BCUT2D eigenvalue weighted by Crippen LogP contribution is 2.34. The topological polar surface area (TPSA) is 57.3 Å². The zero-order valence-corrected chi connectivity index (χ0v) is 24.3.